The maximum atomic E-state index is 12.9. The van der Waals surface area contributed by atoms with E-state index in [9.17, 15) is 23.1 Å². The van der Waals surface area contributed by atoms with Gasteiger partial charge in [0.25, 0.3) is 0 Å². The summed E-state index contributed by atoms with van der Waals surface area (Å²) in [5.74, 6) is 0.466. The van der Waals surface area contributed by atoms with Crippen LogP contribution in [0.3, 0.4) is 0 Å². The highest BCUT2D eigenvalue weighted by molar-refractivity contribution is 7.99. The van der Waals surface area contributed by atoms with E-state index in [-0.39, 0.29) is 35.1 Å². The first-order chi connectivity index (χ1) is 16.7. The zero-order valence-corrected chi connectivity index (χ0v) is 24.5. The fraction of sp³-hybridized carbons (Fsp3) is 0.667. The molecule has 0 saturated carbocycles. The van der Waals surface area contributed by atoms with Crippen molar-refractivity contribution < 1.29 is 27.8 Å². The summed E-state index contributed by atoms with van der Waals surface area (Å²) in [6.45, 7) is 12.5. The molecule has 1 heterocycles. The van der Waals surface area contributed by atoms with Crippen LogP contribution in [-0.4, -0.2) is 17.5 Å². The number of alkyl halides is 2. The molecule has 3 N–H and O–H groups in total. The normalized spacial score (nSPS) is 17.5. The number of carbonyl (C=O) groups excluding carboxylic acids is 1. The molecule has 0 bridgehead atoms. The molecule has 1 aliphatic carbocycles. The number of hydrogen-bond donors (Lipinski definition) is 2. The van der Waals surface area contributed by atoms with Crippen LogP contribution in [-0.2, 0) is 15.1 Å². The fourth-order valence-corrected chi connectivity index (χ4v) is 4.98. The number of ketones is 1. The van der Waals surface area contributed by atoms with Gasteiger partial charge in [-0.25, -0.2) is 4.39 Å². The molecule has 1 aliphatic rings. The van der Waals surface area contributed by atoms with Crippen LogP contribution >= 0.6 is 23.3 Å². The van der Waals surface area contributed by atoms with Crippen LogP contribution in [0.2, 0.25) is 0 Å². The number of hydrogen-bond acceptors (Lipinski definition) is 6. The molecule has 0 fully saturated rings. The summed E-state index contributed by atoms with van der Waals surface area (Å²) in [5, 5.41) is 14.7. The minimum absolute atomic E-state index is 0.0687. The minimum atomic E-state index is -2.81. The van der Waals surface area contributed by atoms with Crippen molar-refractivity contribution in [1.29, 1.82) is 0 Å². The van der Waals surface area contributed by atoms with E-state index in [0.717, 1.165) is 30.4 Å². The quantitative estimate of drug-likeness (QED) is 0.285. The van der Waals surface area contributed by atoms with Gasteiger partial charge in [0, 0.05) is 11.3 Å². The highest BCUT2D eigenvalue weighted by atomic mass is 32.2. The molecule has 0 saturated heterocycles. The summed E-state index contributed by atoms with van der Waals surface area (Å²) in [7, 11) is 0. The Morgan fingerprint density at radius 3 is 2.14 bits per heavy atom. The topological polar surface area (TPSA) is 72.6 Å². The molecule has 0 amide bonds. The van der Waals surface area contributed by atoms with Gasteiger partial charge in [-0.2, -0.15) is 8.78 Å². The lowest BCUT2D eigenvalue weighted by Crippen LogP contribution is -2.26. The number of nitrogens with two attached hydrogens (primary N) is 1. The van der Waals surface area contributed by atoms with Gasteiger partial charge in [-0.1, -0.05) is 59.5 Å². The molecule has 1 aromatic rings. The number of unbranched alkanes of at least 4 members (excludes halogenated alkanes) is 1. The number of ether oxygens (including phenoxy) is 1. The smallest absolute Gasteiger partial charge is 0.387 e. The van der Waals surface area contributed by atoms with E-state index in [1.54, 1.807) is 32.9 Å². The van der Waals surface area contributed by atoms with Crippen molar-refractivity contribution in [1.82, 2.24) is 0 Å². The van der Waals surface area contributed by atoms with Crippen LogP contribution in [0.1, 0.15) is 92.4 Å². The van der Waals surface area contributed by atoms with Crippen molar-refractivity contribution in [3.63, 3.8) is 0 Å². The maximum absolute atomic E-state index is 12.9. The van der Waals surface area contributed by atoms with Crippen LogP contribution in [0.5, 0.6) is 0 Å². The molecule has 4 nitrogen and oxygen atoms in total. The van der Waals surface area contributed by atoms with Crippen molar-refractivity contribution in [2.75, 3.05) is 0 Å². The largest absolute Gasteiger partial charge is 0.435 e. The zero-order chi connectivity index (χ0) is 28.1. The maximum Gasteiger partial charge on any atom is 0.387 e. The van der Waals surface area contributed by atoms with Crippen molar-refractivity contribution in [2.24, 2.45) is 22.9 Å². The highest BCUT2D eigenvalue weighted by Crippen LogP contribution is 2.39. The van der Waals surface area contributed by atoms with Gasteiger partial charge in [-0.05, 0) is 75.1 Å². The Morgan fingerprint density at radius 2 is 1.81 bits per heavy atom. The number of thiophene rings is 1. The Bertz CT molecular complexity index is 844. The van der Waals surface area contributed by atoms with Crippen molar-refractivity contribution in [3.8, 4) is 0 Å². The second kappa shape index (κ2) is 17.3. The van der Waals surface area contributed by atoms with Gasteiger partial charge >= 0.3 is 6.61 Å². The van der Waals surface area contributed by atoms with Crippen LogP contribution in [0, 0.1) is 23.6 Å². The van der Waals surface area contributed by atoms with E-state index >= 15 is 0 Å². The second-order valence-corrected chi connectivity index (χ2v) is 11.6. The van der Waals surface area contributed by atoms with Gasteiger partial charge in [0.1, 0.15) is 21.6 Å². The molecule has 2 unspecified atom stereocenters. The third-order valence-corrected chi connectivity index (χ3v) is 7.70. The van der Waals surface area contributed by atoms with Crippen molar-refractivity contribution in [2.45, 2.75) is 104 Å². The van der Waals surface area contributed by atoms with Crippen LogP contribution < -0.4 is 5.14 Å². The Kier molecular flexibility index (Phi) is 16.6. The Hall–Kier alpha value is -1.29. The summed E-state index contributed by atoms with van der Waals surface area (Å²) < 4.78 is 42.8. The number of Topliss-reactive ketones (excluding diaryl/α,β-unsaturated/α-hetero) is 1. The number of carbonyl (C=O) groups is 1. The van der Waals surface area contributed by atoms with Crippen molar-refractivity contribution in [3.05, 3.63) is 40.2 Å². The first kappa shape index (κ1) is 34.7. The number of allylic oxidation sites excluding steroid dienone is 3. The van der Waals surface area contributed by atoms with E-state index in [0.29, 0.717) is 15.5 Å². The molecule has 0 aliphatic heterocycles. The average Bonchev–Trinajstić information content (AvgIpc) is 3.16. The van der Waals surface area contributed by atoms with E-state index in [2.05, 4.69) is 18.6 Å². The number of aliphatic hydroxyl groups is 1. The van der Waals surface area contributed by atoms with E-state index < -0.39 is 12.2 Å². The van der Waals surface area contributed by atoms with E-state index in [1.807, 2.05) is 20.8 Å². The first-order valence-electron chi connectivity index (χ1n) is 12.5. The third-order valence-electron chi connectivity index (χ3n) is 5.53. The molecule has 0 radical (unpaired) electrons. The first-order valence-corrected chi connectivity index (χ1v) is 14.2. The van der Waals surface area contributed by atoms with Crippen LogP contribution in [0.25, 0.3) is 0 Å². The Morgan fingerprint density at radius 1 is 1.22 bits per heavy atom. The predicted octanol–water partition coefficient (Wildman–Crippen LogP) is 8.60. The lowest BCUT2D eigenvalue weighted by atomic mass is 9.72. The molecule has 2 rings (SSSR count). The number of rotatable bonds is 10. The molecule has 208 valence electrons. The van der Waals surface area contributed by atoms with Gasteiger partial charge in [-0.15, -0.1) is 11.3 Å². The number of halogens is 3. The minimum Gasteiger partial charge on any atom is -0.435 e. The fourth-order valence-electron chi connectivity index (χ4n) is 3.58. The molecule has 1 aromatic heterocycles. The van der Waals surface area contributed by atoms with Crippen LogP contribution in [0.4, 0.5) is 13.2 Å². The van der Waals surface area contributed by atoms with Crippen molar-refractivity contribution >= 4 is 29.1 Å². The lowest BCUT2D eigenvalue weighted by molar-refractivity contribution is -0.118. The van der Waals surface area contributed by atoms with Crippen LogP contribution in [0.15, 0.2) is 33.8 Å². The molecule has 2 atom stereocenters. The zero-order valence-electron chi connectivity index (χ0n) is 22.9. The summed E-state index contributed by atoms with van der Waals surface area (Å²) in [5.41, 5.74) is 0.0685. The highest BCUT2D eigenvalue weighted by Gasteiger charge is 2.31. The standard InChI is InChI=1S/C16H24F2O2.C7H10FNOS2.C4H10/c1-5-6-12-8-13(20-16(17)18)9-14(10(2)3)15(12)7-11(4)19;1-7(2,10)5-3-4(8)6(11-5)12-9;1-3-4-2/h8-10,14-16H,5-7H2,1-4H3;3,10H,9H2,1-2H3;3-4H2,1-2H3. The molecule has 0 spiro atoms. The van der Waals surface area contributed by atoms with Gasteiger partial charge in [0.2, 0.25) is 0 Å². The average molecular weight is 552 g/mol. The van der Waals surface area contributed by atoms with E-state index in [4.69, 9.17) is 5.14 Å². The van der Waals surface area contributed by atoms with Gasteiger partial charge in [-0.3, -0.25) is 5.14 Å². The monoisotopic (exact) mass is 551 g/mol. The molecule has 0 aromatic carbocycles. The molecule has 9 heteroatoms. The summed E-state index contributed by atoms with van der Waals surface area (Å²) in [6.07, 6.45) is 8.29. The van der Waals surface area contributed by atoms with Gasteiger partial charge < -0.3 is 14.6 Å². The second-order valence-electron chi connectivity index (χ2n) is 9.67. The Balaban J connectivity index is 0.000000645. The van der Waals surface area contributed by atoms with Gasteiger partial charge in [0.05, 0.1) is 5.60 Å². The molecular weight excluding hydrogens is 507 g/mol. The SMILES string of the molecule is CC(C)(O)c1cc(F)c(SN)s1.CCCC.CCCC1=CC(OC(F)F)=CC(C(C)C)C1CC(C)=O. The third kappa shape index (κ3) is 12.8. The van der Waals surface area contributed by atoms with Gasteiger partial charge in [0.15, 0.2) is 0 Å². The predicted molar refractivity (Wildman–Crippen MR) is 145 cm³/mol. The molecular formula is C27H44F3NO3S2. The van der Waals surface area contributed by atoms with E-state index in [1.165, 1.54) is 30.2 Å². The lowest BCUT2D eigenvalue weighted by Gasteiger charge is -2.33. The Labute approximate surface area is 223 Å². The summed E-state index contributed by atoms with van der Waals surface area (Å²) in [6, 6.07) is 1.32. The summed E-state index contributed by atoms with van der Waals surface area (Å²) in [4.78, 5) is 12.1. The summed E-state index contributed by atoms with van der Waals surface area (Å²) >= 11 is 2.04. The molecule has 36 heavy (non-hydrogen) atoms.